The molecule has 2 aromatic carbocycles. The summed E-state index contributed by atoms with van der Waals surface area (Å²) in [6.45, 7) is 2.33. The molecular weight excluding hydrogens is 350 g/mol. The number of anilines is 1. The van der Waals surface area contributed by atoms with Gasteiger partial charge in [0.25, 0.3) is 5.91 Å². The number of benzene rings is 2. The number of carbonyl (C=O) groups is 2. The molecule has 0 radical (unpaired) electrons. The van der Waals surface area contributed by atoms with Gasteiger partial charge >= 0.3 is 0 Å². The van der Waals surface area contributed by atoms with Gasteiger partial charge in [-0.15, -0.1) is 0 Å². The molecule has 4 nitrogen and oxygen atoms in total. The fourth-order valence-electron chi connectivity index (χ4n) is 4.70. The Labute approximate surface area is 166 Å². The maximum Gasteiger partial charge on any atom is 0.264 e. The highest BCUT2D eigenvalue weighted by Gasteiger charge is 2.50. The molecule has 1 atom stereocenters. The first kappa shape index (κ1) is 18.9. The Bertz CT molecular complexity index is 883. The highest BCUT2D eigenvalue weighted by Crippen LogP contribution is 2.42. The average molecular weight is 377 g/mol. The van der Waals surface area contributed by atoms with Crippen molar-refractivity contribution in [3.05, 3.63) is 65.2 Å². The minimum Gasteiger partial charge on any atom is -0.375 e. The van der Waals surface area contributed by atoms with Crippen molar-refractivity contribution in [1.29, 1.82) is 0 Å². The van der Waals surface area contributed by atoms with Crippen LogP contribution < -0.4 is 4.90 Å². The lowest BCUT2D eigenvalue weighted by molar-refractivity contribution is -0.135. The number of aliphatic hydroxyl groups is 1. The van der Waals surface area contributed by atoms with Crippen LogP contribution in [-0.4, -0.2) is 23.3 Å². The van der Waals surface area contributed by atoms with Crippen molar-refractivity contribution in [2.24, 2.45) is 0 Å². The van der Waals surface area contributed by atoms with Crippen LogP contribution in [0, 0.1) is 0 Å². The second kappa shape index (κ2) is 7.51. The molecule has 1 fully saturated rings. The molecule has 1 aliphatic heterocycles. The quantitative estimate of drug-likeness (QED) is 0.777. The molecule has 2 aromatic rings. The van der Waals surface area contributed by atoms with E-state index in [-0.39, 0.29) is 12.2 Å². The van der Waals surface area contributed by atoms with Gasteiger partial charge in [0.05, 0.1) is 12.1 Å². The van der Waals surface area contributed by atoms with Gasteiger partial charge in [0, 0.05) is 17.7 Å². The molecule has 1 saturated carbocycles. The number of amides is 1. The number of hydrogen-bond acceptors (Lipinski definition) is 3. The minimum atomic E-state index is -1.79. The molecule has 0 unspecified atom stereocenters. The number of ketones is 1. The van der Waals surface area contributed by atoms with E-state index in [0.717, 1.165) is 0 Å². The number of Topliss-reactive ketones (excluding diaryl/α,β-unsaturated/α-hetero) is 1. The second-order valence-corrected chi connectivity index (χ2v) is 7.98. The molecule has 1 heterocycles. The van der Waals surface area contributed by atoms with E-state index in [1.807, 2.05) is 43.3 Å². The largest absolute Gasteiger partial charge is 0.375 e. The standard InChI is InChI=1S/C24H27NO3/c1-2-25-21-11-7-6-10-20(21)24(28,23(25)27)16-22(26)19-14-12-18(13-15-19)17-8-4-3-5-9-17/h6-7,10-15,17,28H,2-5,8-9,16H2,1H3/t24-/m0/s1. The molecule has 0 bridgehead atoms. The van der Waals surface area contributed by atoms with Crippen LogP contribution in [0.15, 0.2) is 48.5 Å². The Kier molecular flexibility index (Phi) is 5.07. The molecule has 0 aromatic heterocycles. The lowest BCUT2D eigenvalue weighted by Gasteiger charge is -2.23. The molecule has 0 saturated heterocycles. The zero-order valence-corrected chi connectivity index (χ0v) is 16.4. The van der Waals surface area contributed by atoms with Gasteiger partial charge in [-0.2, -0.15) is 0 Å². The van der Waals surface area contributed by atoms with Gasteiger partial charge in [0.15, 0.2) is 11.4 Å². The smallest absolute Gasteiger partial charge is 0.264 e. The zero-order chi connectivity index (χ0) is 19.7. The summed E-state index contributed by atoms with van der Waals surface area (Å²) in [7, 11) is 0. The number of likely N-dealkylation sites (N-methyl/N-ethyl adjacent to an activating group) is 1. The van der Waals surface area contributed by atoms with Crippen molar-refractivity contribution in [3.63, 3.8) is 0 Å². The summed E-state index contributed by atoms with van der Waals surface area (Å²) in [6, 6.07) is 15.0. The van der Waals surface area contributed by atoms with Crippen LogP contribution in [-0.2, 0) is 10.4 Å². The number of carbonyl (C=O) groups excluding carboxylic acids is 2. The van der Waals surface area contributed by atoms with E-state index in [2.05, 4.69) is 0 Å². The van der Waals surface area contributed by atoms with Crippen LogP contribution >= 0.6 is 0 Å². The Morgan fingerprint density at radius 1 is 1.07 bits per heavy atom. The van der Waals surface area contributed by atoms with Crippen molar-refractivity contribution in [2.75, 3.05) is 11.4 Å². The maximum absolute atomic E-state index is 12.9. The normalized spacial score (nSPS) is 22.4. The topological polar surface area (TPSA) is 57.6 Å². The van der Waals surface area contributed by atoms with Gasteiger partial charge < -0.3 is 10.0 Å². The monoisotopic (exact) mass is 377 g/mol. The summed E-state index contributed by atoms with van der Waals surface area (Å²) in [5.41, 5.74) is 1.26. The molecule has 2 aliphatic rings. The molecule has 146 valence electrons. The molecule has 28 heavy (non-hydrogen) atoms. The summed E-state index contributed by atoms with van der Waals surface area (Å²) < 4.78 is 0. The molecule has 1 N–H and O–H groups in total. The zero-order valence-electron chi connectivity index (χ0n) is 16.4. The van der Waals surface area contributed by atoms with E-state index in [1.54, 1.807) is 17.0 Å². The number of rotatable bonds is 5. The fraction of sp³-hybridized carbons (Fsp3) is 0.417. The van der Waals surface area contributed by atoms with Crippen molar-refractivity contribution in [2.45, 2.75) is 57.0 Å². The Balaban J connectivity index is 1.55. The van der Waals surface area contributed by atoms with E-state index in [0.29, 0.717) is 29.3 Å². The first-order valence-electron chi connectivity index (χ1n) is 10.3. The van der Waals surface area contributed by atoms with Crippen molar-refractivity contribution in [3.8, 4) is 0 Å². The summed E-state index contributed by atoms with van der Waals surface area (Å²) in [6.07, 6.45) is 6.05. The summed E-state index contributed by atoms with van der Waals surface area (Å²) in [5, 5.41) is 11.2. The number of hydrogen-bond donors (Lipinski definition) is 1. The lowest BCUT2D eigenvalue weighted by Crippen LogP contribution is -2.41. The highest BCUT2D eigenvalue weighted by molar-refractivity contribution is 6.10. The predicted octanol–water partition coefficient (Wildman–Crippen LogP) is 4.56. The van der Waals surface area contributed by atoms with Crippen LogP contribution in [0.1, 0.15) is 72.9 Å². The Morgan fingerprint density at radius 2 is 1.75 bits per heavy atom. The van der Waals surface area contributed by atoms with E-state index >= 15 is 0 Å². The lowest BCUT2D eigenvalue weighted by atomic mass is 9.83. The molecule has 1 aliphatic carbocycles. The van der Waals surface area contributed by atoms with Crippen LogP contribution in [0.2, 0.25) is 0 Å². The SMILES string of the molecule is CCN1C(=O)[C@](O)(CC(=O)c2ccc(C3CCCCC3)cc2)c2ccccc21. The molecular formula is C24H27NO3. The van der Waals surface area contributed by atoms with Gasteiger partial charge in [-0.05, 0) is 37.3 Å². The Morgan fingerprint density at radius 3 is 2.43 bits per heavy atom. The number of nitrogens with zero attached hydrogens (tertiary/aromatic N) is 1. The van der Waals surface area contributed by atoms with Gasteiger partial charge in [-0.1, -0.05) is 61.7 Å². The van der Waals surface area contributed by atoms with Crippen molar-refractivity contribution >= 4 is 17.4 Å². The summed E-state index contributed by atoms with van der Waals surface area (Å²) in [4.78, 5) is 27.3. The average Bonchev–Trinajstić information content (AvgIpc) is 2.95. The molecule has 0 spiro atoms. The first-order chi connectivity index (χ1) is 13.5. The highest BCUT2D eigenvalue weighted by atomic mass is 16.3. The van der Waals surface area contributed by atoms with Crippen LogP contribution in [0.3, 0.4) is 0 Å². The summed E-state index contributed by atoms with van der Waals surface area (Å²) >= 11 is 0. The van der Waals surface area contributed by atoms with E-state index in [1.165, 1.54) is 37.7 Å². The van der Waals surface area contributed by atoms with Crippen LogP contribution in [0.5, 0.6) is 0 Å². The number of fused-ring (bicyclic) bond motifs is 1. The van der Waals surface area contributed by atoms with Gasteiger partial charge in [0.2, 0.25) is 0 Å². The Hall–Kier alpha value is -2.46. The van der Waals surface area contributed by atoms with E-state index in [9.17, 15) is 14.7 Å². The van der Waals surface area contributed by atoms with Crippen molar-refractivity contribution in [1.82, 2.24) is 0 Å². The fourth-order valence-corrected chi connectivity index (χ4v) is 4.70. The van der Waals surface area contributed by atoms with Crippen molar-refractivity contribution < 1.29 is 14.7 Å². The van der Waals surface area contributed by atoms with Gasteiger partial charge in [-0.25, -0.2) is 0 Å². The maximum atomic E-state index is 12.9. The predicted molar refractivity (Wildman–Crippen MR) is 110 cm³/mol. The molecule has 1 amide bonds. The van der Waals surface area contributed by atoms with Crippen LogP contribution in [0.25, 0.3) is 0 Å². The summed E-state index contributed by atoms with van der Waals surface area (Å²) in [5.74, 6) is -0.0364. The third kappa shape index (κ3) is 3.16. The van der Waals surface area contributed by atoms with Gasteiger partial charge in [-0.3, -0.25) is 9.59 Å². The van der Waals surface area contributed by atoms with E-state index in [4.69, 9.17) is 0 Å². The van der Waals surface area contributed by atoms with E-state index < -0.39 is 11.5 Å². The number of para-hydroxylation sites is 1. The minimum absolute atomic E-state index is 0.209. The third-order valence-electron chi connectivity index (χ3n) is 6.28. The first-order valence-corrected chi connectivity index (χ1v) is 10.3. The third-order valence-corrected chi connectivity index (χ3v) is 6.28. The van der Waals surface area contributed by atoms with Gasteiger partial charge in [0.1, 0.15) is 0 Å². The van der Waals surface area contributed by atoms with Crippen LogP contribution in [0.4, 0.5) is 5.69 Å². The molecule has 4 heteroatoms. The molecule has 4 rings (SSSR count). The second-order valence-electron chi connectivity index (χ2n) is 7.98.